The van der Waals surface area contributed by atoms with Crippen molar-refractivity contribution < 1.29 is 4.74 Å². The lowest BCUT2D eigenvalue weighted by Gasteiger charge is -2.25. The van der Waals surface area contributed by atoms with Crippen LogP contribution in [0.5, 0.6) is 0 Å². The maximum absolute atomic E-state index is 5.28. The number of alkyl halides is 1. The molecule has 2 rings (SSSR count). The highest BCUT2D eigenvalue weighted by molar-refractivity contribution is 9.08. The number of hydrogen-bond acceptors (Lipinski definition) is 4. The molecule has 0 amide bonds. The molecular formula is C8H11BrN2OS. The molecule has 0 radical (unpaired) electrons. The molecule has 1 aliphatic heterocycles. The number of hydrogen-bond donors (Lipinski definition) is 0. The van der Waals surface area contributed by atoms with Gasteiger partial charge < -0.3 is 9.64 Å². The van der Waals surface area contributed by atoms with Crippen LogP contribution in [0.4, 0.5) is 5.13 Å². The summed E-state index contributed by atoms with van der Waals surface area (Å²) in [5, 5.41) is 2.02. The first kappa shape index (κ1) is 9.43. The highest BCUT2D eigenvalue weighted by atomic mass is 79.9. The first-order valence-electron chi connectivity index (χ1n) is 4.23. The summed E-state index contributed by atoms with van der Waals surface area (Å²) in [5.41, 5.74) is 0. The van der Waals surface area contributed by atoms with Gasteiger partial charge in [0.15, 0.2) is 5.13 Å². The van der Waals surface area contributed by atoms with Gasteiger partial charge in [0.1, 0.15) is 0 Å². The molecule has 13 heavy (non-hydrogen) atoms. The zero-order chi connectivity index (χ0) is 9.10. The van der Waals surface area contributed by atoms with Crippen LogP contribution in [-0.4, -0.2) is 31.3 Å². The Balaban J connectivity index is 2.05. The first-order valence-corrected chi connectivity index (χ1v) is 6.17. The van der Waals surface area contributed by atoms with Gasteiger partial charge >= 0.3 is 0 Å². The van der Waals surface area contributed by atoms with Crippen LogP contribution < -0.4 is 4.90 Å². The molecule has 1 aromatic heterocycles. The van der Waals surface area contributed by atoms with E-state index in [-0.39, 0.29) is 0 Å². The normalized spacial score (nSPS) is 17.8. The lowest BCUT2D eigenvalue weighted by atomic mass is 10.5. The van der Waals surface area contributed by atoms with Gasteiger partial charge in [-0.2, -0.15) is 0 Å². The summed E-state index contributed by atoms with van der Waals surface area (Å²) < 4.78 is 5.28. The van der Waals surface area contributed by atoms with Gasteiger partial charge in [-0.05, 0) is 0 Å². The summed E-state index contributed by atoms with van der Waals surface area (Å²) in [5.74, 6) is 0. The predicted molar refractivity (Wildman–Crippen MR) is 57.8 cm³/mol. The van der Waals surface area contributed by atoms with Crippen molar-refractivity contribution in [3.63, 3.8) is 0 Å². The number of rotatable bonds is 2. The SMILES string of the molecule is BrCc1cnc(N2CCOCC2)s1. The van der Waals surface area contributed by atoms with Crippen molar-refractivity contribution in [2.24, 2.45) is 0 Å². The van der Waals surface area contributed by atoms with E-state index >= 15 is 0 Å². The molecule has 0 saturated carbocycles. The second-order valence-electron chi connectivity index (χ2n) is 2.84. The van der Waals surface area contributed by atoms with Crippen molar-refractivity contribution in [1.82, 2.24) is 4.98 Å². The maximum Gasteiger partial charge on any atom is 0.185 e. The molecule has 72 valence electrons. The number of aromatic nitrogens is 1. The minimum atomic E-state index is 0.823. The molecule has 0 spiro atoms. The maximum atomic E-state index is 5.28. The molecule has 0 N–H and O–H groups in total. The average molecular weight is 263 g/mol. The molecule has 1 fully saturated rings. The number of ether oxygens (including phenoxy) is 1. The lowest BCUT2D eigenvalue weighted by molar-refractivity contribution is 0.122. The number of thiazole rings is 1. The third kappa shape index (κ3) is 2.21. The predicted octanol–water partition coefficient (Wildman–Crippen LogP) is 1.87. The van der Waals surface area contributed by atoms with E-state index in [1.807, 2.05) is 6.20 Å². The largest absolute Gasteiger partial charge is 0.378 e. The van der Waals surface area contributed by atoms with Crippen LogP contribution in [0.15, 0.2) is 6.20 Å². The quantitative estimate of drug-likeness (QED) is 0.762. The molecule has 0 unspecified atom stereocenters. The van der Waals surface area contributed by atoms with Crippen molar-refractivity contribution in [3.05, 3.63) is 11.1 Å². The summed E-state index contributed by atoms with van der Waals surface area (Å²) in [6.45, 7) is 3.58. The molecular weight excluding hydrogens is 252 g/mol. The van der Waals surface area contributed by atoms with Crippen LogP contribution in [0, 0.1) is 0 Å². The number of morpholine rings is 1. The van der Waals surface area contributed by atoms with E-state index in [4.69, 9.17) is 4.74 Å². The van der Waals surface area contributed by atoms with E-state index in [0.717, 1.165) is 36.8 Å². The number of nitrogens with zero attached hydrogens (tertiary/aromatic N) is 2. The van der Waals surface area contributed by atoms with Crippen molar-refractivity contribution in [2.45, 2.75) is 5.33 Å². The van der Waals surface area contributed by atoms with E-state index in [0.29, 0.717) is 0 Å². The molecule has 5 heteroatoms. The van der Waals surface area contributed by atoms with Gasteiger partial charge in [0.25, 0.3) is 0 Å². The molecule has 0 bridgehead atoms. The van der Waals surface area contributed by atoms with Crippen LogP contribution in [0.1, 0.15) is 4.88 Å². The van der Waals surface area contributed by atoms with Gasteiger partial charge in [-0.1, -0.05) is 15.9 Å². The Bertz CT molecular complexity index is 273. The van der Waals surface area contributed by atoms with Crippen molar-refractivity contribution in [2.75, 3.05) is 31.2 Å². The second kappa shape index (κ2) is 4.39. The summed E-state index contributed by atoms with van der Waals surface area (Å²) in [4.78, 5) is 7.93. The van der Waals surface area contributed by atoms with Crippen molar-refractivity contribution >= 4 is 32.4 Å². The topological polar surface area (TPSA) is 25.4 Å². The Morgan fingerprint density at radius 1 is 1.54 bits per heavy atom. The van der Waals surface area contributed by atoms with Crippen LogP contribution >= 0.6 is 27.3 Å². The fourth-order valence-electron chi connectivity index (χ4n) is 1.26. The Hall–Kier alpha value is -0.130. The Morgan fingerprint density at radius 3 is 2.92 bits per heavy atom. The number of halogens is 1. The van der Waals surface area contributed by atoms with E-state index in [1.54, 1.807) is 11.3 Å². The van der Waals surface area contributed by atoms with Crippen molar-refractivity contribution in [1.29, 1.82) is 0 Å². The van der Waals surface area contributed by atoms with Gasteiger partial charge in [-0.25, -0.2) is 4.98 Å². The Morgan fingerprint density at radius 2 is 2.31 bits per heavy atom. The minimum absolute atomic E-state index is 0.823. The highest BCUT2D eigenvalue weighted by Crippen LogP contribution is 2.24. The second-order valence-corrected chi connectivity index (χ2v) is 4.50. The van der Waals surface area contributed by atoms with Gasteiger partial charge in [0, 0.05) is 29.5 Å². The van der Waals surface area contributed by atoms with E-state index in [1.165, 1.54) is 4.88 Å². The Kier molecular flexibility index (Phi) is 3.18. The van der Waals surface area contributed by atoms with E-state index in [9.17, 15) is 0 Å². The fraction of sp³-hybridized carbons (Fsp3) is 0.625. The molecule has 0 atom stereocenters. The smallest absolute Gasteiger partial charge is 0.185 e. The third-order valence-electron chi connectivity index (χ3n) is 1.95. The molecule has 1 aliphatic rings. The van der Waals surface area contributed by atoms with Gasteiger partial charge in [-0.15, -0.1) is 11.3 Å². The zero-order valence-electron chi connectivity index (χ0n) is 7.20. The van der Waals surface area contributed by atoms with E-state index in [2.05, 4.69) is 25.8 Å². The van der Waals surface area contributed by atoms with Crippen LogP contribution in [0.3, 0.4) is 0 Å². The standard InChI is InChI=1S/C8H11BrN2OS/c9-5-7-6-10-8(13-7)11-1-3-12-4-2-11/h6H,1-5H2. The molecule has 1 aromatic rings. The zero-order valence-corrected chi connectivity index (χ0v) is 9.60. The van der Waals surface area contributed by atoms with Crippen molar-refractivity contribution in [3.8, 4) is 0 Å². The molecule has 3 nitrogen and oxygen atoms in total. The first-order chi connectivity index (χ1) is 6.40. The van der Waals surface area contributed by atoms with Crippen LogP contribution in [0.25, 0.3) is 0 Å². The van der Waals surface area contributed by atoms with Crippen LogP contribution in [0.2, 0.25) is 0 Å². The Labute approximate surface area is 89.9 Å². The molecule has 1 saturated heterocycles. The van der Waals surface area contributed by atoms with Gasteiger partial charge in [0.05, 0.1) is 13.2 Å². The summed E-state index contributed by atoms with van der Waals surface area (Å²) in [6.07, 6.45) is 1.93. The lowest BCUT2D eigenvalue weighted by Crippen LogP contribution is -2.36. The number of anilines is 1. The monoisotopic (exact) mass is 262 g/mol. The highest BCUT2D eigenvalue weighted by Gasteiger charge is 2.13. The van der Waals surface area contributed by atoms with Gasteiger partial charge in [-0.3, -0.25) is 0 Å². The van der Waals surface area contributed by atoms with Gasteiger partial charge in [0.2, 0.25) is 0 Å². The minimum Gasteiger partial charge on any atom is -0.378 e. The summed E-state index contributed by atoms with van der Waals surface area (Å²) in [7, 11) is 0. The fourth-order valence-corrected chi connectivity index (χ4v) is 2.56. The average Bonchev–Trinajstić information content (AvgIpc) is 2.67. The summed E-state index contributed by atoms with van der Waals surface area (Å²) in [6, 6.07) is 0. The van der Waals surface area contributed by atoms with E-state index < -0.39 is 0 Å². The molecule has 0 aromatic carbocycles. The molecule has 2 heterocycles. The summed E-state index contributed by atoms with van der Waals surface area (Å²) >= 11 is 5.17. The van der Waals surface area contributed by atoms with Crippen LogP contribution in [-0.2, 0) is 10.1 Å². The molecule has 0 aliphatic carbocycles. The third-order valence-corrected chi connectivity index (χ3v) is 3.99.